The Kier molecular flexibility index (Phi) is 7.05. The highest BCUT2D eigenvalue weighted by molar-refractivity contribution is 7.83. The lowest BCUT2D eigenvalue weighted by Gasteiger charge is -1.92. The third-order valence-corrected chi connectivity index (χ3v) is 0.833. The van der Waals surface area contributed by atoms with E-state index in [1.165, 1.54) is 0 Å². The summed E-state index contributed by atoms with van der Waals surface area (Å²) in [7, 11) is -10.0. The molecule has 14 heteroatoms. The predicted octanol–water partition coefficient (Wildman–Crippen LogP) is -2.27. The van der Waals surface area contributed by atoms with Gasteiger partial charge in [0.2, 0.25) is 0 Å². The zero-order chi connectivity index (χ0) is 11.8. The lowest BCUT2D eigenvalue weighted by Crippen LogP contribution is -2.10. The van der Waals surface area contributed by atoms with Gasteiger partial charge < -0.3 is 11.7 Å². The zero-order valence-electron chi connectivity index (χ0n) is 6.21. The van der Waals surface area contributed by atoms with Crippen LogP contribution in [-0.2, 0) is 29.5 Å². The van der Waals surface area contributed by atoms with Crippen LogP contribution in [0.3, 0.4) is 0 Å². The number of hydrogen-bond donors (Lipinski definition) is 4. The molecule has 12 nitrogen and oxygen atoms in total. The van der Waals surface area contributed by atoms with Crippen molar-refractivity contribution in [3.8, 4) is 0 Å². The van der Waals surface area contributed by atoms with Crippen LogP contribution in [0.1, 0.15) is 0 Å². The first-order valence-electron chi connectivity index (χ1n) is 2.25. The Balaban J connectivity index is 0. The number of hydrogen-bond acceptors (Lipinski definition) is 8. The second-order valence-corrected chi connectivity index (χ2v) is 3.21. The van der Waals surface area contributed by atoms with Crippen molar-refractivity contribution in [1.29, 1.82) is 0 Å². The summed E-state index contributed by atoms with van der Waals surface area (Å²) in [4.78, 5) is 0. The van der Waals surface area contributed by atoms with E-state index in [9.17, 15) is 16.8 Å². The minimum absolute atomic E-state index is 2.64. The van der Waals surface area contributed by atoms with Gasteiger partial charge in [-0.15, -0.1) is 0 Å². The van der Waals surface area contributed by atoms with Gasteiger partial charge in [-0.2, -0.15) is 16.8 Å². The van der Waals surface area contributed by atoms with E-state index in [0.717, 1.165) is 0 Å². The van der Waals surface area contributed by atoms with Gasteiger partial charge in [-0.05, 0) is 0 Å². The first-order valence-corrected chi connectivity index (χ1v) is 4.98. The molecule has 0 aromatic carbocycles. The molecule has 0 unspecified atom stereocenters. The lowest BCUT2D eigenvalue weighted by molar-refractivity contribution is -0.105. The van der Waals surface area contributed by atoms with Gasteiger partial charge in [-0.1, -0.05) is 19.1 Å². The van der Waals surface area contributed by atoms with Crippen LogP contribution in [0.15, 0.2) is 10.4 Å². The fourth-order valence-electron chi connectivity index (χ4n) is 0.0702. The molecule has 0 bridgehead atoms. The molecule has 0 atom stereocenters. The van der Waals surface area contributed by atoms with Crippen LogP contribution in [0.4, 0.5) is 0 Å². The third-order valence-electron chi connectivity index (χ3n) is 0.266. The summed E-state index contributed by atoms with van der Waals surface area (Å²) in [6, 6.07) is 0. The topological polar surface area (TPSA) is 204 Å². The van der Waals surface area contributed by atoms with Gasteiger partial charge in [0.1, 0.15) is 0 Å². The van der Waals surface area contributed by atoms with Crippen molar-refractivity contribution in [2.75, 3.05) is 0 Å². The van der Waals surface area contributed by atoms with Crippen molar-refractivity contribution >= 4 is 20.8 Å². The van der Waals surface area contributed by atoms with E-state index in [1.54, 1.807) is 0 Å². The van der Waals surface area contributed by atoms with Crippen molar-refractivity contribution in [2.45, 2.75) is 0 Å². The quantitative estimate of drug-likeness (QED) is 0.139. The average Bonchev–Trinajstić information content (AvgIpc) is 1.99. The summed E-state index contributed by atoms with van der Waals surface area (Å²) < 4.78 is 58.9. The predicted molar refractivity (Wildman–Crippen MR) is 38.5 cm³/mol. The molecule has 0 aromatic rings. The van der Waals surface area contributed by atoms with Crippen molar-refractivity contribution in [1.82, 2.24) is 0 Å². The molecule has 0 fully saturated rings. The summed E-state index contributed by atoms with van der Waals surface area (Å²) in [5, 5.41) is 5.28. The monoisotopic (exact) mass is 254 g/mol. The van der Waals surface area contributed by atoms with Crippen LogP contribution in [0.2, 0.25) is 0 Å². The highest BCUT2D eigenvalue weighted by atomic mass is 32.3. The molecule has 0 aliphatic rings. The van der Waals surface area contributed by atoms with E-state index in [0.29, 0.717) is 0 Å². The Bertz CT molecular complexity index is 313. The summed E-state index contributed by atoms with van der Waals surface area (Å²) >= 11 is 0. The Morgan fingerprint density at radius 1 is 0.857 bits per heavy atom. The van der Waals surface area contributed by atoms with Crippen LogP contribution in [0.5, 0.6) is 0 Å². The standard InChI is InChI=1S/H4N4.H2O8S2/c1-3-4-2;1-9(2,3)7-8-10(4,5)6/h(H2,1,4)(H2,2,3);(H,1,2,3)(H,4,5,6). The molecule has 0 aliphatic heterocycles. The first-order chi connectivity index (χ1) is 6.12. The summed E-state index contributed by atoms with van der Waals surface area (Å²) in [5.74, 6) is 8.72. The fourth-order valence-corrected chi connectivity index (χ4v) is 0.632. The van der Waals surface area contributed by atoms with Crippen LogP contribution in [0, 0.1) is 0 Å². The van der Waals surface area contributed by atoms with Gasteiger partial charge in [0.15, 0.2) is 0 Å². The van der Waals surface area contributed by atoms with Gasteiger partial charge in [-0.3, -0.25) is 9.11 Å². The van der Waals surface area contributed by atoms with Gasteiger partial charge in [-0.25, -0.2) is 0 Å². The van der Waals surface area contributed by atoms with Gasteiger partial charge >= 0.3 is 20.8 Å². The number of nitrogens with zero attached hydrogens (tertiary/aromatic N) is 2. The van der Waals surface area contributed by atoms with Crippen molar-refractivity contribution in [3.05, 3.63) is 0 Å². The second kappa shape index (κ2) is 6.40. The van der Waals surface area contributed by atoms with E-state index in [-0.39, 0.29) is 0 Å². The smallest absolute Gasteiger partial charge is 0.303 e. The van der Waals surface area contributed by atoms with Gasteiger partial charge in [0, 0.05) is 0 Å². The first kappa shape index (κ1) is 15.4. The third kappa shape index (κ3) is 22.4. The molecule has 86 valence electrons. The molecule has 0 radical (unpaired) electrons. The molecule has 14 heavy (non-hydrogen) atoms. The van der Waals surface area contributed by atoms with E-state index in [1.807, 2.05) is 0 Å². The van der Waals surface area contributed by atoms with Crippen molar-refractivity contribution in [3.63, 3.8) is 0 Å². The molecule has 0 saturated carbocycles. The van der Waals surface area contributed by atoms with Crippen molar-refractivity contribution in [2.24, 2.45) is 22.1 Å². The molecule has 0 aliphatic carbocycles. The fraction of sp³-hybridized carbons (Fsp3) is 0. The summed E-state index contributed by atoms with van der Waals surface area (Å²) in [6.07, 6.45) is 0. The Labute approximate surface area is 78.3 Å². The minimum Gasteiger partial charge on any atom is -0.303 e. The summed E-state index contributed by atoms with van der Waals surface area (Å²) in [6.45, 7) is 0. The molecule has 0 heterocycles. The lowest BCUT2D eigenvalue weighted by atomic mass is 12.6. The van der Waals surface area contributed by atoms with Crippen LogP contribution >= 0.6 is 0 Å². The SMILES string of the molecule is NN=NN.O=S(=O)(O)OOS(=O)(=O)O. The van der Waals surface area contributed by atoms with E-state index in [2.05, 4.69) is 30.8 Å². The maximum absolute atomic E-state index is 9.51. The molecular formula is H6N4O8S2. The minimum atomic E-state index is -5.02. The summed E-state index contributed by atoms with van der Waals surface area (Å²) in [5.41, 5.74) is 0. The largest absolute Gasteiger partial charge is 0.425 e. The van der Waals surface area contributed by atoms with Gasteiger partial charge in [0.25, 0.3) is 0 Å². The maximum Gasteiger partial charge on any atom is 0.425 e. The Morgan fingerprint density at radius 3 is 1.14 bits per heavy atom. The highest BCUT2D eigenvalue weighted by Gasteiger charge is 2.13. The maximum atomic E-state index is 9.51. The van der Waals surface area contributed by atoms with Crippen LogP contribution < -0.4 is 11.7 Å². The highest BCUT2D eigenvalue weighted by Crippen LogP contribution is 1.92. The zero-order valence-corrected chi connectivity index (χ0v) is 7.84. The average molecular weight is 254 g/mol. The molecule has 0 spiro atoms. The normalized spacial score (nSPS) is 12.1. The van der Waals surface area contributed by atoms with Gasteiger partial charge in [0.05, 0.1) is 0 Å². The molecule has 0 saturated heterocycles. The Morgan fingerprint density at radius 2 is 1.07 bits per heavy atom. The molecular weight excluding hydrogens is 248 g/mol. The molecule has 6 N–H and O–H groups in total. The van der Waals surface area contributed by atoms with Crippen LogP contribution in [0.25, 0.3) is 0 Å². The molecule has 0 amide bonds. The molecule has 0 aromatic heterocycles. The van der Waals surface area contributed by atoms with Crippen LogP contribution in [-0.4, -0.2) is 25.9 Å². The Hall–Kier alpha value is -1.06. The second-order valence-electron chi connectivity index (χ2n) is 1.22. The van der Waals surface area contributed by atoms with E-state index in [4.69, 9.17) is 9.11 Å². The van der Waals surface area contributed by atoms with E-state index < -0.39 is 20.8 Å². The van der Waals surface area contributed by atoms with Crippen molar-refractivity contribution < 1.29 is 34.6 Å². The number of rotatable bonds is 3. The number of nitrogens with two attached hydrogens (primary N) is 2. The molecule has 0 rings (SSSR count). The van der Waals surface area contributed by atoms with E-state index >= 15 is 0 Å².